The van der Waals surface area contributed by atoms with Crippen molar-refractivity contribution in [1.29, 1.82) is 0 Å². The molecular formula is C30H27ClFN7O4. The summed E-state index contributed by atoms with van der Waals surface area (Å²) in [6.07, 6.45) is 5.26. The molecule has 4 N–H and O–H groups in total. The summed E-state index contributed by atoms with van der Waals surface area (Å²) in [6.45, 7) is -0.331. The van der Waals surface area contributed by atoms with E-state index in [0.717, 1.165) is 12.8 Å². The van der Waals surface area contributed by atoms with E-state index in [9.17, 15) is 23.6 Å². The van der Waals surface area contributed by atoms with Gasteiger partial charge >= 0.3 is 0 Å². The number of halogens is 2. The summed E-state index contributed by atoms with van der Waals surface area (Å²) in [5, 5.41) is 10.3. The molecule has 43 heavy (non-hydrogen) atoms. The number of primary amides is 1. The van der Waals surface area contributed by atoms with E-state index >= 15 is 0 Å². The summed E-state index contributed by atoms with van der Waals surface area (Å²) in [7, 11) is 0. The molecular weight excluding hydrogens is 577 g/mol. The Morgan fingerprint density at radius 2 is 1.86 bits per heavy atom. The molecule has 1 aliphatic carbocycles. The predicted molar refractivity (Wildman–Crippen MR) is 155 cm³/mol. The fourth-order valence-electron chi connectivity index (χ4n) is 6.13. The molecule has 2 aliphatic rings. The third kappa shape index (κ3) is 5.41. The van der Waals surface area contributed by atoms with Gasteiger partial charge in [-0.3, -0.25) is 28.8 Å². The Hall–Kier alpha value is -4.84. The molecule has 0 unspecified atom stereocenters. The molecule has 1 saturated carbocycles. The number of pyridine rings is 1. The molecule has 11 nitrogen and oxygen atoms in total. The van der Waals surface area contributed by atoms with Crippen molar-refractivity contribution in [1.82, 2.24) is 25.0 Å². The summed E-state index contributed by atoms with van der Waals surface area (Å²) < 4.78 is 15.7. The fraction of sp³-hybridized carbons (Fsp3) is 0.267. The van der Waals surface area contributed by atoms with Crippen LogP contribution in [0, 0.1) is 11.7 Å². The lowest BCUT2D eigenvalue weighted by molar-refractivity contribution is -0.143. The van der Waals surface area contributed by atoms with E-state index in [0.29, 0.717) is 28.6 Å². The number of rotatable bonds is 8. The molecule has 4 aromatic rings. The molecule has 220 valence electrons. The predicted octanol–water partition coefficient (Wildman–Crippen LogP) is 3.27. The topological polar surface area (TPSA) is 152 Å². The lowest BCUT2D eigenvalue weighted by atomic mass is 9.97. The van der Waals surface area contributed by atoms with Crippen LogP contribution in [0.25, 0.3) is 10.9 Å². The van der Waals surface area contributed by atoms with Crippen LogP contribution in [0.3, 0.4) is 0 Å². The van der Waals surface area contributed by atoms with Crippen molar-refractivity contribution in [3.63, 3.8) is 0 Å². The van der Waals surface area contributed by atoms with Gasteiger partial charge in [0.15, 0.2) is 5.69 Å². The normalized spacial score (nSPS) is 19.0. The zero-order valence-electron chi connectivity index (χ0n) is 22.8. The summed E-state index contributed by atoms with van der Waals surface area (Å²) in [5.74, 6) is -2.48. The second-order valence-corrected chi connectivity index (χ2v) is 11.1. The van der Waals surface area contributed by atoms with Gasteiger partial charge in [-0.15, -0.1) is 0 Å². The van der Waals surface area contributed by atoms with Crippen LogP contribution in [-0.2, 0) is 22.7 Å². The number of likely N-dealkylation sites (tertiary alicyclic amines) is 1. The number of nitrogens with one attached hydrogen (secondary N) is 2. The Morgan fingerprint density at radius 3 is 2.63 bits per heavy atom. The molecule has 2 fully saturated rings. The maximum atomic E-state index is 14.4. The Labute approximate surface area is 250 Å². The first-order valence-corrected chi connectivity index (χ1v) is 14.1. The first-order chi connectivity index (χ1) is 20.7. The Bertz CT molecular complexity index is 1760. The molecule has 0 spiro atoms. The Morgan fingerprint density at radius 1 is 1.07 bits per heavy atom. The zero-order valence-corrected chi connectivity index (χ0v) is 23.6. The van der Waals surface area contributed by atoms with Crippen molar-refractivity contribution in [2.75, 3.05) is 5.32 Å². The van der Waals surface area contributed by atoms with Gasteiger partial charge in [0.1, 0.15) is 18.4 Å². The number of anilines is 1. The second-order valence-electron chi connectivity index (χ2n) is 10.7. The number of hydrogen-bond donors (Lipinski definition) is 3. The number of carbonyl (C=O) groups excluding carboxylic acids is 4. The van der Waals surface area contributed by atoms with E-state index < -0.39 is 17.8 Å². The number of carbonyl (C=O) groups is 4. The van der Waals surface area contributed by atoms with E-state index in [4.69, 9.17) is 17.3 Å². The number of amides is 4. The number of hydrogen-bond acceptors (Lipinski definition) is 6. The largest absolute Gasteiger partial charge is 0.364 e. The molecule has 3 atom stereocenters. The highest BCUT2D eigenvalue weighted by molar-refractivity contribution is 6.30. The average Bonchev–Trinajstić information content (AvgIpc) is 3.72. The Balaban J connectivity index is 1.24. The fourth-order valence-corrected chi connectivity index (χ4v) is 6.32. The highest BCUT2D eigenvalue weighted by Crippen LogP contribution is 2.43. The average molecular weight is 604 g/mol. The standard InChI is InChI=1S/C30H27ClFN7O4/c31-22-3-1-2-18(25(22)32)14-35-30(43)27-17-4-6-20(12-17)39(27)24(40)15-38-23-13-19(5-7-21(23)26(37-38)28(33)41)36-29(42)16-8-10-34-11-9-16/h1-3,5,7-11,13,17,20,27H,4,6,12,14-15H2,(H2,33,41)(H,35,43)(H,36,42)/t17-,20+,27-/m0/s1. The van der Waals surface area contributed by atoms with Gasteiger partial charge in [0.25, 0.3) is 11.8 Å². The number of aromatic nitrogens is 3. The number of fused-ring (bicyclic) bond motifs is 3. The van der Waals surface area contributed by atoms with Gasteiger partial charge in [-0.2, -0.15) is 5.10 Å². The first-order valence-electron chi connectivity index (χ1n) is 13.7. The van der Waals surface area contributed by atoms with Crippen LogP contribution in [0.5, 0.6) is 0 Å². The van der Waals surface area contributed by atoms with Gasteiger partial charge in [-0.25, -0.2) is 4.39 Å². The molecule has 0 radical (unpaired) electrons. The summed E-state index contributed by atoms with van der Waals surface area (Å²) in [6, 6.07) is 11.7. The minimum Gasteiger partial charge on any atom is -0.364 e. The van der Waals surface area contributed by atoms with Crippen molar-refractivity contribution in [3.05, 3.63) is 88.6 Å². The summed E-state index contributed by atoms with van der Waals surface area (Å²) >= 11 is 5.87. The second kappa shape index (κ2) is 11.4. The van der Waals surface area contributed by atoms with Crippen LogP contribution in [0.2, 0.25) is 5.02 Å². The van der Waals surface area contributed by atoms with Gasteiger partial charge in [0.05, 0.1) is 10.5 Å². The SMILES string of the molecule is NC(=O)c1nn(CC(=O)N2[C@@H]3CC[C@@H](C3)[C@H]2C(=O)NCc2cccc(Cl)c2F)c2cc(NC(=O)c3ccncc3)ccc12. The Kier molecular flexibility index (Phi) is 7.53. The van der Waals surface area contributed by atoms with Crippen LogP contribution < -0.4 is 16.4 Å². The molecule has 4 amide bonds. The summed E-state index contributed by atoms with van der Waals surface area (Å²) in [5.41, 5.74) is 7.05. The van der Waals surface area contributed by atoms with Crippen molar-refractivity contribution in [2.45, 2.75) is 44.4 Å². The molecule has 3 heterocycles. The number of benzene rings is 2. The summed E-state index contributed by atoms with van der Waals surface area (Å²) in [4.78, 5) is 57.5. The van der Waals surface area contributed by atoms with Crippen LogP contribution in [-0.4, -0.2) is 55.4 Å². The lowest BCUT2D eigenvalue weighted by Gasteiger charge is -2.34. The van der Waals surface area contributed by atoms with E-state index in [1.165, 1.54) is 29.2 Å². The third-order valence-electron chi connectivity index (χ3n) is 8.10. The number of piperidine rings is 1. The van der Waals surface area contributed by atoms with E-state index in [2.05, 4.69) is 20.7 Å². The van der Waals surface area contributed by atoms with Gasteiger partial charge in [0, 0.05) is 47.2 Å². The molecule has 2 aromatic carbocycles. The molecule has 1 saturated heterocycles. The third-order valence-corrected chi connectivity index (χ3v) is 8.39. The van der Waals surface area contributed by atoms with Crippen molar-refractivity contribution >= 4 is 51.8 Å². The molecule has 2 bridgehead atoms. The van der Waals surface area contributed by atoms with Crippen molar-refractivity contribution in [2.24, 2.45) is 11.7 Å². The highest BCUT2D eigenvalue weighted by atomic mass is 35.5. The van der Waals surface area contributed by atoms with Gasteiger partial charge in [-0.1, -0.05) is 23.7 Å². The maximum Gasteiger partial charge on any atom is 0.269 e. The van der Waals surface area contributed by atoms with E-state index in [1.54, 1.807) is 41.3 Å². The van der Waals surface area contributed by atoms with E-state index in [-0.39, 0.29) is 59.1 Å². The number of nitrogens with zero attached hydrogens (tertiary/aromatic N) is 4. The molecule has 2 aromatic heterocycles. The van der Waals surface area contributed by atoms with Gasteiger partial charge in [0.2, 0.25) is 11.8 Å². The molecule has 6 rings (SSSR count). The lowest BCUT2D eigenvalue weighted by Crippen LogP contribution is -2.53. The van der Waals surface area contributed by atoms with Crippen molar-refractivity contribution in [3.8, 4) is 0 Å². The van der Waals surface area contributed by atoms with Gasteiger partial charge < -0.3 is 21.3 Å². The van der Waals surface area contributed by atoms with Crippen LogP contribution >= 0.6 is 11.6 Å². The first kappa shape index (κ1) is 28.3. The minimum atomic E-state index is -0.768. The number of nitrogens with two attached hydrogens (primary N) is 1. The van der Waals surface area contributed by atoms with Crippen LogP contribution in [0.4, 0.5) is 10.1 Å². The molecule has 1 aliphatic heterocycles. The van der Waals surface area contributed by atoms with E-state index in [1.807, 2.05) is 0 Å². The zero-order chi connectivity index (χ0) is 30.2. The maximum absolute atomic E-state index is 14.4. The highest BCUT2D eigenvalue weighted by Gasteiger charge is 2.51. The quantitative estimate of drug-likeness (QED) is 0.281. The minimum absolute atomic E-state index is 0.0180. The van der Waals surface area contributed by atoms with Crippen LogP contribution in [0.15, 0.2) is 60.9 Å². The smallest absolute Gasteiger partial charge is 0.269 e. The molecule has 13 heteroatoms. The van der Waals surface area contributed by atoms with Gasteiger partial charge in [-0.05, 0) is 61.6 Å². The van der Waals surface area contributed by atoms with Crippen molar-refractivity contribution < 1.29 is 23.6 Å². The monoisotopic (exact) mass is 603 g/mol. The van der Waals surface area contributed by atoms with Crippen LogP contribution in [0.1, 0.15) is 45.7 Å².